The molecule has 2 N–H and O–H groups in total. The Morgan fingerprint density at radius 1 is 1.14 bits per heavy atom. The summed E-state index contributed by atoms with van der Waals surface area (Å²) < 4.78 is 43.3. The highest BCUT2D eigenvalue weighted by Crippen LogP contribution is 2.62. The average molecular weight is 411 g/mol. The number of anilines is 1. The van der Waals surface area contributed by atoms with E-state index in [1.54, 1.807) is 0 Å². The summed E-state index contributed by atoms with van der Waals surface area (Å²) in [4.78, 5) is 25.3. The van der Waals surface area contributed by atoms with E-state index in [9.17, 15) is 27.9 Å². The third kappa shape index (κ3) is 3.86. The molecule has 0 spiro atoms. The van der Waals surface area contributed by atoms with E-state index >= 15 is 0 Å². The van der Waals surface area contributed by atoms with Crippen LogP contribution in [0.2, 0.25) is 0 Å². The molecule has 4 aliphatic rings. The van der Waals surface area contributed by atoms with Gasteiger partial charge in [-0.3, -0.25) is 9.59 Å². The number of hydrogen-bond acceptors (Lipinski definition) is 4. The van der Waals surface area contributed by atoms with Crippen molar-refractivity contribution in [2.45, 2.75) is 63.3 Å². The summed E-state index contributed by atoms with van der Waals surface area (Å²) in [6.07, 6.45) is -1.33. The predicted molar refractivity (Wildman–Crippen MR) is 97.7 cm³/mol. The van der Waals surface area contributed by atoms with Crippen LogP contribution in [0.4, 0.5) is 18.9 Å². The van der Waals surface area contributed by atoms with Crippen LogP contribution in [-0.4, -0.2) is 28.7 Å². The molecule has 8 heteroatoms. The van der Waals surface area contributed by atoms with Gasteiger partial charge in [-0.2, -0.15) is 13.2 Å². The second kappa shape index (κ2) is 6.72. The minimum absolute atomic E-state index is 0.190. The van der Waals surface area contributed by atoms with E-state index in [-0.39, 0.29) is 5.69 Å². The van der Waals surface area contributed by atoms with Crippen LogP contribution in [0.3, 0.4) is 0 Å². The number of alkyl halides is 3. The highest BCUT2D eigenvalue weighted by atomic mass is 19.4. The smallest absolute Gasteiger partial charge is 0.416 e. The highest BCUT2D eigenvalue weighted by Gasteiger charge is 2.61. The van der Waals surface area contributed by atoms with Crippen LogP contribution < -0.4 is 5.32 Å². The first-order valence-electron chi connectivity index (χ1n) is 9.90. The van der Waals surface area contributed by atoms with Gasteiger partial charge in [0.05, 0.1) is 16.6 Å². The van der Waals surface area contributed by atoms with Gasteiger partial charge in [-0.1, -0.05) is 0 Å². The Bertz CT molecular complexity index is 806. The van der Waals surface area contributed by atoms with Gasteiger partial charge in [-0.25, -0.2) is 0 Å². The van der Waals surface area contributed by atoms with Gasteiger partial charge < -0.3 is 15.2 Å². The second-order valence-electron chi connectivity index (χ2n) is 9.08. The van der Waals surface area contributed by atoms with Gasteiger partial charge >= 0.3 is 12.1 Å². The van der Waals surface area contributed by atoms with Crippen molar-refractivity contribution in [1.82, 2.24) is 0 Å². The maximum Gasteiger partial charge on any atom is 0.416 e. The van der Waals surface area contributed by atoms with Crippen LogP contribution in [0.5, 0.6) is 0 Å². The van der Waals surface area contributed by atoms with Crippen LogP contribution in [-0.2, 0) is 20.5 Å². The number of amides is 1. The summed E-state index contributed by atoms with van der Waals surface area (Å²) >= 11 is 0. The Kier molecular flexibility index (Phi) is 4.68. The molecule has 2 unspecified atom stereocenters. The molecule has 0 aromatic heterocycles. The molecule has 1 aromatic carbocycles. The number of hydrogen-bond donors (Lipinski definition) is 2. The Labute approximate surface area is 166 Å². The highest BCUT2D eigenvalue weighted by molar-refractivity contribution is 5.95. The van der Waals surface area contributed by atoms with Gasteiger partial charge in [0.1, 0.15) is 0 Å². The minimum atomic E-state index is -4.45. The second-order valence-corrected chi connectivity index (χ2v) is 9.08. The summed E-state index contributed by atoms with van der Waals surface area (Å²) in [6.45, 7) is 1.44. The lowest BCUT2D eigenvalue weighted by Crippen LogP contribution is -2.59. The minimum Gasteiger partial charge on any atom is -0.452 e. The van der Waals surface area contributed by atoms with Gasteiger partial charge in [0, 0.05) is 5.69 Å². The Morgan fingerprint density at radius 3 is 2.24 bits per heavy atom. The maximum atomic E-state index is 12.9. The molecule has 0 aliphatic heterocycles. The van der Waals surface area contributed by atoms with Crippen LogP contribution in [0, 0.1) is 17.3 Å². The number of benzene rings is 1. The number of aliphatic hydroxyl groups is 1. The molecule has 5 nitrogen and oxygen atoms in total. The largest absolute Gasteiger partial charge is 0.452 e. The van der Waals surface area contributed by atoms with Crippen LogP contribution in [0.1, 0.15) is 51.0 Å². The Balaban J connectivity index is 1.38. The van der Waals surface area contributed by atoms with E-state index in [1.165, 1.54) is 6.92 Å². The van der Waals surface area contributed by atoms with Crippen molar-refractivity contribution in [2.24, 2.45) is 17.3 Å². The van der Waals surface area contributed by atoms with Crippen LogP contribution in [0.15, 0.2) is 24.3 Å². The van der Waals surface area contributed by atoms with Crippen LogP contribution in [0.25, 0.3) is 0 Å². The van der Waals surface area contributed by atoms with Gasteiger partial charge in [-0.05, 0) is 81.5 Å². The molecular weight excluding hydrogens is 387 g/mol. The van der Waals surface area contributed by atoms with Gasteiger partial charge in [0.15, 0.2) is 6.10 Å². The van der Waals surface area contributed by atoms with Gasteiger partial charge in [0.2, 0.25) is 0 Å². The molecule has 1 amide bonds. The zero-order valence-corrected chi connectivity index (χ0v) is 16.1. The fourth-order valence-corrected chi connectivity index (χ4v) is 5.78. The first-order valence-corrected chi connectivity index (χ1v) is 9.90. The number of carbonyl (C=O) groups excluding carboxylic acids is 2. The summed E-state index contributed by atoms with van der Waals surface area (Å²) in [6, 6.07) is 4.07. The third-order valence-electron chi connectivity index (χ3n) is 6.60. The van der Waals surface area contributed by atoms with Crippen molar-refractivity contribution in [3.05, 3.63) is 29.8 Å². The van der Waals surface area contributed by atoms with Crippen molar-refractivity contribution >= 4 is 17.6 Å². The van der Waals surface area contributed by atoms with E-state index in [4.69, 9.17) is 4.74 Å². The van der Waals surface area contributed by atoms with Crippen molar-refractivity contribution in [2.75, 3.05) is 5.32 Å². The van der Waals surface area contributed by atoms with Gasteiger partial charge in [0.25, 0.3) is 5.91 Å². The predicted octanol–water partition coefficient (Wildman–Crippen LogP) is 3.91. The van der Waals surface area contributed by atoms with E-state index in [2.05, 4.69) is 5.32 Å². The third-order valence-corrected chi connectivity index (χ3v) is 6.60. The van der Waals surface area contributed by atoms with Crippen molar-refractivity contribution in [3.8, 4) is 0 Å². The summed E-state index contributed by atoms with van der Waals surface area (Å²) in [5, 5.41) is 13.2. The van der Waals surface area contributed by atoms with Crippen LogP contribution >= 0.6 is 0 Å². The molecule has 4 saturated carbocycles. The normalized spacial score (nSPS) is 34.0. The zero-order chi connectivity index (χ0) is 21.0. The molecule has 29 heavy (non-hydrogen) atoms. The first-order chi connectivity index (χ1) is 13.5. The van der Waals surface area contributed by atoms with Gasteiger partial charge in [-0.15, -0.1) is 0 Å². The molecule has 5 rings (SSSR count). The molecule has 4 bridgehead atoms. The van der Waals surface area contributed by atoms with E-state index in [0.717, 1.165) is 43.5 Å². The molecule has 4 aliphatic carbocycles. The zero-order valence-electron chi connectivity index (χ0n) is 16.1. The van der Waals surface area contributed by atoms with E-state index < -0.39 is 40.7 Å². The Morgan fingerprint density at radius 2 is 1.72 bits per heavy atom. The number of halogens is 3. The van der Waals surface area contributed by atoms with Crippen molar-refractivity contribution in [1.29, 1.82) is 0 Å². The summed E-state index contributed by atoms with van der Waals surface area (Å²) in [5.41, 5.74) is -2.17. The topological polar surface area (TPSA) is 75.6 Å². The molecule has 5 atom stereocenters. The van der Waals surface area contributed by atoms with E-state index in [0.29, 0.717) is 31.1 Å². The number of carbonyl (C=O) groups is 2. The van der Waals surface area contributed by atoms with Crippen molar-refractivity contribution < 1.29 is 32.6 Å². The number of rotatable bonds is 4. The monoisotopic (exact) mass is 411 g/mol. The standard InChI is InChI=1S/C21H24F3NO4/c1-12(17(26)25-16-4-2-15(3-5-16)21(22,23)24)29-18(27)19-7-13-6-14(8-19)10-20(28,9-13)11-19/h2-5,12-14,28H,6-11H2,1H3,(H,25,26)/t12-,13-,14+,19?,20?/m1/s1. The lowest BCUT2D eigenvalue weighted by atomic mass is 9.48. The molecule has 0 saturated heterocycles. The lowest BCUT2D eigenvalue weighted by molar-refractivity contribution is -0.199. The molecule has 4 fully saturated rings. The SMILES string of the molecule is C[C@@H](OC(=O)C12C[C@@H]3C[C@@H](CC(O)(C3)C1)C2)C(=O)Nc1ccc(C(F)(F)F)cc1. The fourth-order valence-electron chi connectivity index (χ4n) is 5.78. The number of ether oxygens (including phenoxy) is 1. The first kappa shape index (κ1) is 20.2. The quantitative estimate of drug-likeness (QED) is 0.737. The number of esters is 1. The summed E-state index contributed by atoms with van der Waals surface area (Å²) in [5.74, 6) is -0.447. The fraction of sp³-hybridized carbons (Fsp3) is 0.619. The molecule has 158 valence electrons. The Hall–Kier alpha value is -2.09. The number of nitrogens with one attached hydrogen (secondary N) is 1. The average Bonchev–Trinajstić information content (AvgIpc) is 2.59. The maximum absolute atomic E-state index is 12.9. The lowest BCUT2D eigenvalue weighted by Gasteiger charge is -2.58. The molecule has 0 heterocycles. The van der Waals surface area contributed by atoms with Crippen molar-refractivity contribution in [3.63, 3.8) is 0 Å². The summed E-state index contributed by atoms with van der Waals surface area (Å²) in [7, 11) is 0. The molecule has 1 aromatic rings. The molecular formula is C21H24F3NO4. The van der Waals surface area contributed by atoms with E-state index in [1.807, 2.05) is 0 Å². The molecule has 0 radical (unpaired) electrons.